The number of rotatable bonds is 7. The summed E-state index contributed by atoms with van der Waals surface area (Å²) < 4.78 is 0. The Hall–Kier alpha value is -1.36. The van der Waals surface area contributed by atoms with E-state index in [1.54, 1.807) is 19.1 Å². The summed E-state index contributed by atoms with van der Waals surface area (Å²) in [4.78, 5) is 20.7. The molecule has 5 nitrogen and oxygen atoms in total. The molecule has 0 aliphatic rings. The van der Waals surface area contributed by atoms with E-state index in [0.29, 0.717) is 12.8 Å². The zero-order valence-corrected chi connectivity index (χ0v) is 8.72. The van der Waals surface area contributed by atoms with Gasteiger partial charge in [-0.15, -0.1) is 0 Å². The van der Waals surface area contributed by atoms with Gasteiger partial charge in [0.1, 0.15) is 0 Å². The maximum atomic E-state index is 10.5. The lowest BCUT2D eigenvalue weighted by Gasteiger charge is -2.13. The lowest BCUT2D eigenvalue weighted by Crippen LogP contribution is -2.32. The average Bonchev–Trinajstić information content (AvgIpc) is 2.15. The Bertz CT molecular complexity index is 250. The van der Waals surface area contributed by atoms with E-state index in [1.165, 1.54) is 0 Å². The second-order valence-electron chi connectivity index (χ2n) is 3.43. The Morgan fingerprint density at radius 1 is 1.33 bits per heavy atom. The first kappa shape index (κ1) is 13.6. The number of hydrogen-bond acceptors (Lipinski definition) is 3. The zero-order valence-electron chi connectivity index (χ0n) is 8.72. The highest BCUT2D eigenvalue weighted by Crippen LogP contribution is 2.05. The van der Waals surface area contributed by atoms with Gasteiger partial charge < -0.3 is 15.9 Å². The molecule has 0 aromatic carbocycles. The van der Waals surface area contributed by atoms with Crippen LogP contribution >= 0.6 is 0 Å². The van der Waals surface area contributed by atoms with Gasteiger partial charge in [0, 0.05) is 12.5 Å². The third-order valence-electron chi connectivity index (χ3n) is 2.13. The van der Waals surface area contributed by atoms with E-state index < -0.39 is 23.9 Å². The topological polar surface area (TPSA) is 101 Å². The number of hydrogen-bond donors (Lipinski definition) is 3. The number of aliphatic carboxylic acids is 2. The molecule has 15 heavy (non-hydrogen) atoms. The molecule has 0 bridgehead atoms. The van der Waals surface area contributed by atoms with Crippen LogP contribution in [0.3, 0.4) is 0 Å². The van der Waals surface area contributed by atoms with Gasteiger partial charge in [-0.05, 0) is 12.8 Å². The molecule has 0 fully saturated rings. The SMILES string of the molecule is CC(C(=O)O)C(N)C/C=C/CCC(=O)O. The number of allylic oxidation sites excluding steroid dienone is 1. The van der Waals surface area contributed by atoms with Crippen LogP contribution in [0.25, 0.3) is 0 Å². The fourth-order valence-electron chi connectivity index (χ4n) is 0.965. The minimum Gasteiger partial charge on any atom is -0.481 e. The largest absolute Gasteiger partial charge is 0.481 e. The quantitative estimate of drug-likeness (QED) is 0.546. The Morgan fingerprint density at radius 2 is 1.93 bits per heavy atom. The number of nitrogens with two attached hydrogens (primary N) is 1. The molecule has 0 aliphatic carbocycles. The molecule has 0 aliphatic heterocycles. The molecule has 0 aromatic heterocycles. The first-order valence-electron chi connectivity index (χ1n) is 4.80. The number of carboxylic acids is 2. The van der Waals surface area contributed by atoms with Crippen molar-refractivity contribution in [3.05, 3.63) is 12.2 Å². The van der Waals surface area contributed by atoms with Gasteiger partial charge >= 0.3 is 11.9 Å². The van der Waals surface area contributed by atoms with Crippen LogP contribution < -0.4 is 5.73 Å². The minimum absolute atomic E-state index is 0.0836. The van der Waals surface area contributed by atoms with Crippen molar-refractivity contribution in [3.8, 4) is 0 Å². The summed E-state index contributed by atoms with van der Waals surface area (Å²) in [6.45, 7) is 1.55. The van der Waals surface area contributed by atoms with Gasteiger partial charge in [-0.2, -0.15) is 0 Å². The first-order valence-corrected chi connectivity index (χ1v) is 4.80. The third-order valence-corrected chi connectivity index (χ3v) is 2.13. The van der Waals surface area contributed by atoms with Gasteiger partial charge in [0.25, 0.3) is 0 Å². The maximum absolute atomic E-state index is 10.5. The fraction of sp³-hybridized carbons (Fsp3) is 0.600. The highest BCUT2D eigenvalue weighted by Gasteiger charge is 2.18. The molecule has 4 N–H and O–H groups in total. The lowest BCUT2D eigenvalue weighted by atomic mass is 10.00. The highest BCUT2D eigenvalue weighted by molar-refractivity contribution is 5.70. The number of carboxylic acid groups (broad SMARTS) is 2. The van der Waals surface area contributed by atoms with E-state index in [9.17, 15) is 9.59 Å². The first-order chi connectivity index (χ1) is 6.95. The molecule has 86 valence electrons. The smallest absolute Gasteiger partial charge is 0.307 e. The van der Waals surface area contributed by atoms with Crippen molar-refractivity contribution in [2.45, 2.75) is 32.2 Å². The summed E-state index contributed by atoms with van der Waals surface area (Å²) >= 11 is 0. The second-order valence-corrected chi connectivity index (χ2v) is 3.43. The molecule has 5 heteroatoms. The Morgan fingerprint density at radius 3 is 2.40 bits per heavy atom. The predicted octanol–water partition coefficient (Wildman–Crippen LogP) is 0.845. The minimum atomic E-state index is -0.915. The van der Waals surface area contributed by atoms with E-state index in [2.05, 4.69) is 0 Å². The standard InChI is InChI=1S/C10H17NO4/c1-7(10(14)15)8(11)5-3-2-4-6-9(12)13/h2-3,7-8H,4-6,11H2,1H3,(H,12,13)(H,14,15)/b3-2+. The van der Waals surface area contributed by atoms with Gasteiger partial charge in [-0.3, -0.25) is 9.59 Å². The van der Waals surface area contributed by atoms with Crippen LogP contribution in [0.15, 0.2) is 12.2 Å². The summed E-state index contributed by atoms with van der Waals surface area (Å²) in [5, 5.41) is 17.0. The van der Waals surface area contributed by atoms with E-state index in [-0.39, 0.29) is 6.42 Å². The highest BCUT2D eigenvalue weighted by atomic mass is 16.4. The molecule has 0 aromatic rings. The van der Waals surface area contributed by atoms with Crippen molar-refractivity contribution in [1.82, 2.24) is 0 Å². The molecular formula is C10H17NO4. The molecule has 0 amide bonds. The molecule has 0 saturated carbocycles. The average molecular weight is 215 g/mol. The van der Waals surface area contributed by atoms with Gasteiger partial charge in [-0.25, -0.2) is 0 Å². The summed E-state index contributed by atoms with van der Waals surface area (Å²) in [6.07, 6.45) is 4.42. The molecule has 0 spiro atoms. The van der Waals surface area contributed by atoms with Gasteiger partial charge in [-0.1, -0.05) is 19.1 Å². The van der Waals surface area contributed by atoms with Crippen LogP contribution in [0.5, 0.6) is 0 Å². The van der Waals surface area contributed by atoms with Gasteiger partial charge in [0.15, 0.2) is 0 Å². The van der Waals surface area contributed by atoms with Crippen molar-refractivity contribution in [2.75, 3.05) is 0 Å². The van der Waals surface area contributed by atoms with Crippen LogP contribution in [-0.2, 0) is 9.59 Å². The normalized spacial score (nSPS) is 15.1. The molecule has 0 saturated heterocycles. The monoisotopic (exact) mass is 215 g/mol. The zero-order chi connectivity index (χ0) is 11.8. The Kier molecular flexibility index (Phi) is 6.37. The Balaban J connectivity index is 3.75. The van der Waals surface area contributed by atoms with E-state index in [0.717, 1.165) is 0 Å². The van der Waals surface area contributed by atoms with Crippen molar-refractivity contribution in [3.63, 3.8) is 0 Å². The maximum Gasteiger partial charge on any atom is 0.307 e. The van der Waals surface area contributed by atoms with E-state index in [4.69, 9.17) is 15.9 Å². The third kappa shape index (κ3) is 6.68. The molecule has 0 radical (unpaired) electrons. The molecular weight excluding hydrogens is 198 g/mol. The molecule has 2 atom stereocenters. The van der Waals surface area contributed by atoms with Crippen molar-refractivity contribution in [1.29, 1.82) is 0 Å². The van der Waals surface area contributed by atoms with E-state index in [1.807, 2.05) is 0 Å². The molecule has 0 rings (SSSR count). The fourth-order valence-corrected chi connectivity index (χ4v) is 0.965. The Labute approximate surface area is 88.6 Å². The van der Waals surface area contributed by atoms with E-state index >= 15 is 0 Å². The van der Waals surface area contributed by atoms with Gasteiger partial charge in [0.05, 0.1) is 5.92 Å². The van der Waals surface area contributed by atoms with Gasteiger partial charge in [0.2, 0.25) is 0 Å². The van der Waals surface area contributed by atoms with Crippen LogP contribution in [-0.4, -0.2) is 28.2 Å². The molecule has 0 heterocycles. The van der Waals surface area contributed by atoms with Crippen LogP contribution in [0, 0.1) is 5.92 Å². The second kappa shape index (κ2) is 7.00. The predicted molar refractivity (Wildman–Crippen MR) is 55.4 cm³/mol. The van der Waals surface area contributed by atoms with Crippen LogP contribution in [0.2, 0.25) is 0 Å². The van der Waals surface area contributed by atoms with Crippen LogP contribution in [0.1, 0.15) is 26.2 Å². The summed E-state index contributed by atoms with van der Waals surface area (Å²) in [5.41, 5.74) is 5.61. The lowest BCUT2D eigenvalue weighted by molar-refractivity contribution is -0.141. The van der Waals surface area contributed by atoms with Crippen molar-refractivity contribution < 1.29 is 19.8 Å². The summed E-state index contributed by atoms with van der Waals surface area (Å²) in [5.74, 6) is -2.35. The van der Waals surface area contributed by atoms with Crippen LogP contribution in [0.4, 0.5) is 0 Å². The molecule has 2 unspecified atom stereocenters. The number of carbonyl (C=O) groups is 2. The summed E-state index contributed by atoms with van der Waals surface area (Å²) in [6, 6.07) is -0.427. The summed E-state index contributed by atoms with van der Waals surface area (Å²) in [7, 11) is 0. The van der Waals surface area contributed by atoms with Crippen molar-refractivity contribution in [2.24, 2.45) is 11.7 Å². The van der Waals surface area contributed by atoms with Crippen molar-refractivity contribution >= 4 is 11.9 Å².